The van der Waals surface area contributed by atoms with Crippen LogP contribution in [0.15, 0.2) is 18.2 Å². The first-order valence-electron chi connectivity index (χ1n) is 5.34. The van der Waals surface area contributed by atoms with Crippen LogP contribution in [0.3, 0.4) is 0 Å². The maximum atomic E-state index is 12.7. The highest BCUT2D eigenvalue weighted by molar-refractivity contribution is 5.79. The quantitative estimate of drug-likeness (QED) is 0.822. The fourth-order valence-corrected chi connectivity index (χ4v) is 1.88. The van der Waals surface area contributed by atoms with Crippen LogP contribution >= 0.6 is 0 Å². The number of benzene rings is 1. The van der Waals surface area contributed by atoms with Crippen molar-refractivity contribution in [2.45, 2.75) is 25.9 Å². The van der Waals surface area contributed by atoms with Crippen molar-refractivity contribution in [3.05, 3.63) is 29.3 Å². The molecule has 0 aliphatic rings. The van der Waals surface area contributed by atoms with Gasteiger partial charge in [-0.15, -0.1) is 0 Å². The molecule has 1 aromatic carbocycles. The van der Waals surface area contributed by atoms with Gasteiger partial charge in [0, 0.05) is 5.69 Å². The molecule has 0 amide bonds. The van der Waals surface area contributed by atoms with Crippen molar-refractivity contribution in [3.8, 4) is 0 Å². The van der Waals surface area contributed by atoms with Crippen LogP contribution in [0.2, 0.25) is 0 Å². The molecule has 1 aromatic rings. The Balaban J connectivity index is 3.38. The van der Waals surface area contributed by atoms with E-state index in [1.807, 2.05) is 0 Å². The maximum Gasteiger partial charge on any atom is 0.418 e. The molecule has 0 saturated heterocycles. The summed E-state index contributed by atoms with van der Waals surface area (Å²) in [5.74, 6) is -2.59. The van der Waals surface area contributed by atoms with Gasteiger partial charge in [-0.05, 0) is 17.5 Å². The Kier molecular flexibility index (Phi) is 3.88. The Bertz CT molecular complexity index is 455. The molecule has 0 saturated carbocycles. The number of nitrogens with two attached hydrogens (primary N) is 1. The first-order valence-corrected chi connectivity index (χ1v) is 5.34. The number of rotatable bonds is 3. The Morgan fingerprint density at radius 1 is 1.33 bits per heavy atom. The van der Waals surface area contributed by atoms with Crippen molar-refractivity contribution in [2.24, 2.45) is 5.92 Å². The van der Waals surface area contributed by atoms with E-state index >= 15 is 0 Å². The van der Waals surface area contributed by atoms with E-state index in [-0.39, 0.29) is 11.5 Å². The van der Waals surface area contributed by atoms with Crippen molar-refractivity contribution in [1.29, 1.82) is 0 Å². The number of hydrogen-bond acceptors (Lipinski definition) is 2. The fourth-order valence-electron chi connectivity index (χ4n) is 1.88. The summed E-state index contributed by atoms with van der Waals surface area (Å²) in [4.78, 5) is 11.1. The minimum Gasteiger partial charge on any atom is -0.481 e. The molecule has 0 radical (unpaired) electrons. The molecule has 0 aliphatic carbocycles. The van der Waals surface area contributed by atoms with E-state index in [0.717, 1.165) is 6.07 Å². The molecule has 1 rings (SSSR count). The van der Waals surface area contributed by atoms with Gasteiger partial charge >= 0.3 is 12.1 Å². The van der Waals surface area contributed by atoms with Crippen LogP contribution in [-0.2, 0) is 11.0 Å². The van der Waals surface area contributed by atoms with E-state index in [0.29, 0.717) is 0 Å². The fraction of sp³-hybridized carbons (Fsp3) is 0.417. The number of carboxylic acids is 1. The molecule has 0 bridgehead atoms. The Hall–Kier alpha value is -1.72. The number of aliphatic carboxylic acids is 1. The molecular weight excluding hydrogens is 247 g/mol. The number of alkyl halides is 3. The molecule has 0 aliphatic heterocycles. The summed E-state index contributed by atoms with van der Waals surface area (Å²) in [6, 6.07) is 3.34. The summed E-state index contributed by atoms with van der Waals surface area (Å²) in [6.45, 7) is 3.25. The van der Waals surface area contributed by atoms with E-state index in [1.165, 1.54) is 12.1 Å². The first kappa shape index (κ1) is 14.3. The van der Waals surface area contributed by atoms with E-state index in [1.54, 1.807) is 13.8 Å². The Morgan fingerprint density at radius 3 is 2.28 bits per heavy atom. The monoisotopic (exact) mass is 261 g/mol. The summed E-state index contributed by atoms with van der Waals surface area (Å²) in [6.07, 6.45) is -4.58. The average molecular weight is 261 g/mol. The predicted molar refractivity (Wildman–Crippen MR) is 61.1 cm³/mol. The first-order chi connectivity index (χ1) is 8.16. The number of carbonyl (C=O) groups is 1. The molecular formula is C12H14F3NO2. The van der Waals surface area contributed by atoms with Crippen molar-refractivity contribution in [1.82, 2.24) is 0 Å². The van der Waals surface area contributed by atoms with Crippen LogP contribution in [-0.4, -0.2) is 11.1 Å². The summed E-state index contributed by atoms with van der Waals surface area (Å²) in [5.41, 5.74) is 3.97. The molecule has 100 valence electrons. The average Bonchev–Trinajstić information content (AvgIpc) is 2.17. The molecule has 0 fully saturated rings. The standard InChI is InChI=1S/C12H14F3NO2/c1-6(2)9(11(17)18)7-4-3-5-8(10(7)16)12(13,14)15/h3-6,9H,16H2,1-2H3,(H,17,18). The van der Waals surface area contributed by atoms with Crippen LogP contribution in [0.4, 0.5) is 18.9 Å². The van der Waals surface area contributed by atoms with E-state index in [2.05, 4.69) is 0 Å². The van der Waals surface area contributed by atoms with Gasteiger partial charge in [-0.25, -0.2) is 0 Å². The second kappa shape index (κ2) is 4.88. The van der Waals surface area contributed by atoms with Crippen LogP contribution in [0.5, 0.6) is 0 Å². The predicted octanol–water partition coefficient (Wildman–Crippen LogP) is 3.11. The lowest BCUT2D eigenvalue weighted by atomic mass is 9.86. The van der Waals surface area contributed by atoms with Crippen molar-refractivity contribution in [2.75, 3.05) is 5.73 Å². The summed E-state index contributed by atoms with van der Waals surface area (Å²) in [7, 11) is 0. The van der Waals surface area contributed by atoms with Crippen molar-refractivity contribution < 1.29 is 23.1 Å². The van der Waals surface area contributed by atoms with Gasteiger partial charge in [0.1, 0.15) is 0 Å². The SMILES string of the molecule is CC(C)C(C(=O)O)c1cccc(C(F)(F)F)c1N. The number of carboxylic acid groups (broad SMARTS) is 1. The Morgan fingerprint density at radius 2 is 1.89 bits per heavy atom. The van der Waals surface area contributed by atoms with E-state index in [9.17, 15) is 18.0 Å². The van der Waals surface area contributed by atoms with Gasteiger partial charge in [0.15, 0.2) is 0 Å². The van der Waals surface area contributed by atoms with Crippen molar-refractivity contribution in [3.63, 3.8) is 0 Å². The molecule has 18 heavy (non-hydrogen) atoms. The number of halogens is 3. The largest absolute Gasteiger partial charge is 0.481 e. The summed E-state index contributed by atoms with van der Waals surface area (Å²) < 4.78 is 38.0. The Labute approximate surface area is 102 Å². The lowest BCUT2D eigenvalue weighted by Crippen LogP contribution is -2.20. The number of hydrogen-bond donors (Lipinski definition) is 2. The van der Waals surface area contributed by atoms with E-state index in [4.69, 9.17) is 10.8 Å². The highest BCUT2D eigenvalue weighted by Crippen LogP contribution is 2.38. The second-order valence-corrected chi connectivity index (χ2v) is 4.37. The molecule has 1 atom stereocenters. The molecule has 3 nitrogen and oxygen atoms in total. The van der Waals surface area contributed by atoms with Gasteiger partial charge in [0.25, 0.3) is 0 Å². The smallest absolute Gasteiger partial charge is 0.418 e. The van der Waals surface area contributed by atoms with Crippen LogP contribution in [0, 0.1) is 5.92 Å². The van der Waals surface area contributed by atoms with Crippen LogP contribution in [0.25, 0.3) is 0 Å². The topological polar surface area (TPSA) is 63.3 Å². The van der Waals surface area contributed by atoms with Gasteiger partial charge in [-0.3, -0.25) is 4.79 Å². The van der Waals surface area contributed by atoms with Gasteiger partial charge in [0.2, 0.25) is 0 Å². The lowest BCUT2D eigenvalue weighted by Gasteiger charge is -2.21. The molecule has 0 heterocycles. The third kappa shape index (κ3) is 2.75. The third-order valence-electron chi connectivity index (χ3n) is 2.71. The maximum absolute atomic E-state index is 12.7. The molecule has 1 unspecified atom stereocenters. The number of nitrogen functional groups attached to an aromatic ring is 1. The van der Waals surface area contributed by atoms with Gasteiger partial charge in [-0.2, -0.15) is 13.2 Å². The highest BCUT2D eigenvalue weighted by atomic mass is 19.4. The van der Waals surface area contributed by atoms with Crippen LogP contribution < -0.4 is 5.73 Å². The van der Waals surface area contributed by atoms with Crippen molar-refractivity contribution >= 4 is 11.7 Å². The minimum atomic E-state index is -4.58. The summed E-state index contributed by atoms with van der Waals surface area (Å²) >= 11 is 0. The van der Waals surface area contributed by atoms with Crippen LogP contribution in [0.1, 0.15) is 30.9 Å². The molecule has 0 aromatic heterocycles. The van der Waals surface area contributed by atoms with Gasteiger partial charge in [-0.1, -0.05) is 26.0 Å². The molecule has 6 heteroatoms. The normalized spacial score (nSPS) is 13.7. The van der Waals surface area contributed by atoms with Gasteiger partial charge < -0.3 is 10.8 Å². The minimum absolute atomic E-state index is 0.00678. The lowest BCUT2D eigenvalue weighted by molar-refractivity contribution is -0.140. The summed E-state index contributed by atoms with van der Waals surface area (Å²) in [5, 5.41) is 9.08. The highest BCUT2D eigenvalue weighted by Gasteiger charge is 2.36. The zero-order chi connectivity index (χ0) is 14.1. The number of anilines is 1. The number of para-hydroxylation sites is 1. The van der Waals surface area contributed by atoms with Gasteiger partial charge in [0.05, 0.1) is 11.5 Å². The third-order valence-corrected chi connectivity index (χ3v) is 2.71. The zero-order valence-corrected chi connectivity index (χ0v) is 9.95. The molecule has 3 N–H and O–H groups in total. The zero-order valence-electron chi connectivity index (χ0n) is 9.95. The molecule has 0 spiro atoms. The van der Waals surface area contributed by atoms with E-state index < -0.39 is 29.3 Å². The second-order valence-electron chi connectivity index (χ2n) is 4.37.